The summed E-state index contributed by atoms with van der Waals surface area (Å²) in [5, 5.41) is 9.02. The van der Waals surface area contributed by atoms with E-state index >= 15 is 0 Å². The summed E-state index contributed by atoms with van der Waals surface area (Å²) in [4.78, 5) is 0. The summed E-state index contributed by atoms with van der Waals surface area (Å²) < 4.78 is 10.1. The van der Waals surface area contributed by atoms with E-state index in [1.54, 1.807) is 14.2 Å². The van der Waals surface area contributed by atoms with Crippen molar-refractivity contribution in [2.75, 3.05) is 20.8 Å². The van der Waals surface area contributed by atoms with Crippen molar-refractivity contribution in [1.82, 2.24) is 0 Å². The molecule has 0 spiro atoms. The topological polar surface area (TPSA) is 38.7 Å². The minimum Gasteiger partial charge on any atom is -0.392 e. The Morgan fingerprint density at radius 2 is 1.85 bits per heavy atom. The molecule has 0 aliphatic heterocycles. The summed E-state index contributed by atoms with van der Waals surface area (Å²) in [6.07, 6.45) is 1.40. The summed E-state index contributed by atoms with van der Waals surface area (Å²) in [6, 6.07) is 0. The maximum Gasteiger partial charge on any atom is 0.160 e. The monoisotopic (exact) mass is 188 g/mol. The number of rotatable bonds is 6. The maximum atomic E-state index is 9.02. The molecule has 13 heavy (non-hydrogen) atoms. The summed E-state index contributed by atoms with van der Waals surface area (Å²) in [7, 11) is 3.23. The lowest BCUT2D eigenvalue weighted by atomic mass is 10.1. The third-order valence-corrected chi connectivity index (χ3v) is 2.22. The highest BCUT2D eigenvalue weighted by molar-refractivity contribution is 5.12. The summed E-state index contributed by atoms with van der Waals surface area (Å²) in [6.45, 7) is 4.16. The van der Waals surface area contributed by atoms with Crippen LogP contribution in [0.3, 0.4) is 0 Å². The Morgan fingerprint density at radius 1 is 1.31 bits per heavy atom. The molecule has 0 aliphatic rings. The molecule has 0 unspecified atom stereocenters. The Labute approximate surface area is 80.4 Å². The van der Waals surface area contributed by atoms with Gasteiger partial charge in [-0.25, -0.2) is 0 Å². The molecule has 1 N–H and O–H groups in total. The lowest BCUT2D eigenvalue weighted by molar-refractivity contribution is -0.100. The second kappa shape index (κ2) is 7.06. The molecule has 0 aromatic carbocycles. The average molecular weight is 188 g/mol. The third-order valence-electron chi connectivity index (χ3n) is 2.22. The molecule has 0 aromatic rings. The second-order valence-corrected chi connectivity index (χ2v) is 3.00. The van der Waals surface area contributed by atoms with E-state index in [9.17, 15) is 0 Å². The average Bonchev–Trinajstić information content (AvgIpc) is 2.16. The van der Waals surface area contributed by atoms with Crippen LogP contribution >= 0.6 is 0 Å². The van der Waals surface area contributed by atoms with Crippen LogP contribution in [0.15, 0.2) is 11.1 Å². The smallest absolute Gasteiger partial charge is 0.160 e. The van der Waals surface area contributed by atoms with E-state index in [0.717, 1.165) is 24.0 Å². The van der Waals surface area contributed by atoms with Crippen LogP contribution in [0.2, 0.25) is 0 Å². The van der Waals surface area contributed by atoms with Gasteiger partial charge in [-0.1, -0.05) is 12.5 Å². The Kier molecular flexibility index (Phi) is 6.86. The van der Waals surface area contributed by atoms with Crippen molar-refractivity contribution in [2.24, 2.45) is 0 Å². The van der Waals surface area contributed by atoms with Crippen LogP contribution in [-0.4, -0.2) is 32.2 Å². The first kappa shape index (κ1) is 12.6. The van der Waals surface area contributed by atoms with Gasteiger partial charge in [0, 0.05) is 20.6 Å². The molecule has 0 radical (unpaired) electrons. The lowest BCUT2D eigenvalue weighted by Gasteiger charge is -2.15. The molecule has 0 rings (SSSR count). The highest BCUT2D eigenvalue weighted by atomic mass is 16.7. The molecule has 0 bridgehead atoms. The molecule has 78 valence electrons. The molecule has 0 atom stereocenters. The first-order chi connectivity index (χ1) is 6.19. The molecule has 0 aromatic heterocycles. The molecule has 3 nitrogen and oxygen atoms in total. The first-order valence-corrected chi connectivity index (χ1v) is 4.53. The molecule has 0 aliphatic carbocycles. The van der Waals surface area contributed by atoms with E-state index in [-0.39, 0.29) is 12.9 Å². The van der Waals surface area contributed by atoms with Crippen LogP contribution in [0.1, 0.15) is 26.7 Å². The van der Waals surface area contributed by atoms with Crippen LogP contribution < -0.4 is 0 Å². The third kappa shape index (κ3) is 4.41. The van der Waals surface area contributed by atoms with Gasteiger partial charge in [-0.05, 0) is 18.9 Å². The van der Waals surface area contributed by atoms with Crippen molar-refractivity contribution < 1.29 is 14.6 Å². The van der Waals surface area contributed by atoms with Gasteiger partial charge in [-0.15, -0.1) is 0 Å². The standard InChI is InChI=1S/C10H20O3/c1-5-9(7-11)8(2)6-10(12-3)13-4/h10-11H,5-7H2,1-4H3/b9-8+. The first-order valence-electron chi connectivity index (χ1n) is 4.53. The number of methoxy groups -OCH3 is 2. The largest absolute Gasteiger partial charge is 0.392 e. The summed E-state index contributed by atoms with van der Waals surface area (Å²) >= 11 is 0. The van der Waals surface area contributed by atoms with Crippen LogP contribution in [0, 0.1) is 0 Å². The molecular weight excluding hydrogens is 168 g/mol. The number of ether oxygens (including phenoxy) is 2. The Hall–Kier alpha value is -0.380. The van der Waals surface area contributed by atoms with Crippen molar-refractivity contribution >= 4 is 0 Å². The van der Waals surface area contributed by atoms with E-state index < -0.39 is 0 Å². The van der Waals surface area contributed by atoms with Gasteiger partial charge in [-0.2, -0.15) is 0 Å². The normalized spacial score (nSPS) is 13.4. The number of aliphatic hydroxyl groups excluding tert-OH is 1. The van der Waals surface area contributed by atoms with Crippen molar-refractivity contribution in [3.63, 3.8) is 0 Å². The van der Waals surface area contributed by atoms with Crippen molar-refractivity contribution in [2.45, 2.75) is 33.0 Å². The van der Waals surface area contributed by atoms with Crippen molar-refractivity contribution in [1.29, 1.82) is 0 Å². The van der Waals surface area contributed by atoms with E-state index in [2.05, 4.69) is 0 Å². The van der Waals surface area contributed by atoms with Crippen molar-refractivity contribution in [3.8, 4) is 0 Å². The Balaban J connectivity index is 4.22. The summed E-state index contributed by atoms with van der Waals surface area (Å²) in [5.41, 5.74) is 2.22. The van der Waals surface area contributed by atoms with Gasteiger partial charge in [0.05, 0.1) is 6.61 Å². The molecule has 0 saturated heterocycles. The van der Waals surface area contributed by atoms with Gasteiger partial charge in [0.2, 0.25) is 0 Å². The SMILES string of the molecule is CC/C(CO)=C(/C)CC(OC)OC. The number of aliphatic hydroxyl groups is 1. The Morgan fingerprint density at radius 3 is 2.15 bits per heavy atom. The van der Waals surface area contributed by atoms with Crippen LogP contribution in [0.25, 0.3) is 0 Å². The molecule has 3 heteroatoms. The predicted octanol–water partition coefficient (Wildman–Crippen LogP) is 1.71. The van der Waals surface area contributed by atoms with E-state index in [1.165, 1.54) is 0 Å². The minimum absolute atomic E-state index is 0.127. The minimum atomic E-state index is -0.201. The highest BCUT2D eigenvalue weighted by Gasteiger charge is 2.08. The van der Waals surface area contributed by atoms with Gasteiger partial charge in [0.25, 0.3) is 0 Å². The van der Waals surface area contributed by atoms with Gasteiger partial charge in [-0.3, -0.25) is 0 Å². The van der Waals surface area contributed by atoms with E-state index in [4.69, 9.17) is 14.6 Å². The zero-order valence-corrected chi connectivity index (χ0v) is 8.96. The highest BCUT2D eigenvalue weighted by Crippen LogP contribution is 2.14. The van der Waals surface area contributed by atoms with Crippen LogP contribution in [0.5, 0.6) is 0 Å². The Bertz CT molecular complexity index is 154. The number of hydrogen-bond donors (Lipinski definition) is 1. The quantitative estimate of drug-likeness (QED) is 0.509. The molecule has 0 heterocycles. The number of hydrogen-bond acceptors (Lipinski definition) is 3. The molecule has 0 fully saturated rings. The molecular formula is C10H20O3. The zero-order valence-electron chi connectivity index (χ0n) is 8.96. The second-order valence-electron chi connectivity index (χ2n) is 3.00. The van der Waals surface area contributed by atoms with Crippen molar-refractivity contribution in [3.05, 3.63) is 11.1 Å². The lowest BCUT2D eigenvalue weighted by Crippen LogP contribution is -2.14. The summed E-state index contributed by atoms with van der Waals surface area (Å²) in [5.74, 6) is 0. The zero-order chi connectivity index (χ0) is 10.3. The predicted molar refractivity (Wildman–Crippen MR) is 52.5 cm³/mol. The molecule has 0 amide bonds. The van der Waals surface area contributed by atoms with Gasteiger partial charge >= 0.3 is 0 Å². The fourth-order valence-corrected chi connectivity index (χ4v) is 1.21. The maximum absolute atomic E-state index is 9.02. The molecule has 0 saturated carbocycles. The van der Waals surface area contributed by atoms with Gasteiger partial charge in [0.15, 0.2) is 6.29 Å². The fraction of sp³-hybridized carbons (Fsp3) is 0.800. The fourth-order valence-electron chi connectivity index (χ4n) is 1.21. The van der Waals surface area contributed by atoms with Gasteiger partial charge < -0.3 is 14.6 Å². The van der Waals surface area contributed by atoms with Gasteiger partial charge in [0.1, 0.15) is 0 Å². The van der Waals surface area contributed by atoms with E-state index in [0.29, 0.717) is 0 Å². The van der Waals surface area contributed by atoms with Crippen LogP contribution in [-0.2, 0) is 9.47 Å². The van der Waals surface area contributed by atoms with Crippen LogP contribution in [0.4, 0.5) is 0 Å². The van der Waals surface area contributed by atoms with E-state index in [1.807, 2.05) is 13.8 Å².